The van der Waals surface area contributed by atoms with Gasteiger partial charge < -0.3 is 19.7 Å². The number of hydrogen-bond acceptors (Lipinski definition) is 7. The number of rotatable bonds is 6. The third-order valence-electron chi connectivity index (χ3n) is 4.01. The van der Waals surface area contributed by atoms with Crippen LogP contribution < -0.4 is 4.74 Å². The molecule has 2 aromatic heterocycles. The van der Waals surface area contributed by atoms with E-state index in [1.807, 2.05) is 24.3 Å². The lowest BCUT2D eigenvalue weighted by Crippen LogP contribution is -1.98. The Morgan fingerprint density at radius 2 is 1.70 bits per heavy atom. The molecule has 0 saturated carbocycles. The maximum Gasteiger partial charge on any atom is 0.308 e. The highest BCUT2D eigenvalue weighted by atomic mass is 32.1. The minimum atomic E-state index is -0.833. The van der Waals surface area contributed by atoms with Crippen LogP contribution in [0.3, 0.4) is 0 Å². The first-order valence-corrected chi connectivity index (χ1v) is 10.6. The summed E-state index contributed by atoms with van der Waals surface area (Å²) < 4.78 is 12.4. The summed E-state index contributed by atoms with van der Waals surface area (Å²) in [6, 6.07) is 16.9. The molecule has 0 fully saturated rings. The highest BCUT2D eigenvalue weighted by Crippen LogP contribution is 2.30. The fourth-order valence-electron chi connectivity index (χ4n) is 2.78. The Labute approximate surface area is 181 Å². The van der Waals surface area contributed by atoms with Crippen LogP contribution in [0.1, 0.15) is 9.75 Å². The Balaban J connectivity index is 0.000000172. The van der Waals surface area contributed by atoms with Crippen molar-refractivity contribution in [1.82, 2.24) is 0 Å². The van der Waals surface area contributed by atoms with Crippen molar-refractivity contribution in [3.63, 3.8) is 0 Å². The van der Waals surface area contributed by atoms with E-state index in [2.05, 4.69) is 6.07 Å². The molecule has 2 aromatic carbocycles. The van der Waals surface area contributed by atoms with E-state index in [1.54, 1.807) is 42.7 Å². The van der Waals surface area contributed by atoms with Gasteiger partial charge in [-0.05, 0) is 59.3 Å². The molecule has 0 amide bonds. The number of phenolic OH excluding ortho intramolecular Hbond substituents is 1. The molecular weight excluding hydrogens is 422 g/mol. The number of methoxy groups -OCH3 is 1. The topological polar surface area (TPSA) is 99.8 Å². The van der Waals surface area contributed by atoms with Gasteiger partial charge in [0, 0.05) is 26.3 Å². The average Bonchev–Trinajstić information content (AvgIpc) is 3.28. The van der Waals surface area contributed by atoms with E-state index < -0.39 is 5.97 Å². The quantitative estimate of drug-likeness (QED) is 0.400. The zero-order chi connectivity index (χ0) is 21.5. The number of aromatic hydroxyl groups is 1. The second-order valence-electron chi connectivity index (χ2n) is 6.30. The van der Waals surface area contributed by atoms with Crippen LogP contribution in [0.2, 0.25) is 0 Å². The first kappa shape index (κ1) is 21.6. The summed E-state index contributed by atoms with van der Waals surface area (Å²) in [5.74, 6) is 0.161. The van der Waals surface area contributed by atoms with Gasteiger partial charge in [-0.3, -0.25) is 4.79 Å². The summed E-state index contributed by atoms with van der Waals surface area (Å²) in [6.45, 7) is 0.251. The first-order chi connectivity index (χ1) is 14.5. The molecule has 0 aliphatic carbocycles. The van der Waals surface area contributed by atoms with E-state index in [0.717, 1.165) is 31.0 Å². The standard InChI is InChI=1S/C12H11NO2S.C10H8O3S/c1-14-8-15-10-2-3-12-9(6-10)7-11(16-12)4-5-13;11-7-1-2-9-6(3-7)4-8(14-9)5-10(12)13/h2-3,6-7H,4,8H2,1H3;1-4,11H,5H2,(H,12,13). The average molecular weight is 442 g/mol. The van der Waals surface area contributed by atoms with Crippen molar-refractivity contribution in [2.24, 2.45) is 0 Å². The fourth-order valence-corrected chi connectivity index (χ4v) is 4.79. The number of phenols is 1. The number of hydrogen-bond donors (Lipinski definition) is 2. The van der Waals surface area contributed by atoms with Crippen molar-refractivity contribution in [3.8, 4) is 17.6 Å². The smallest absolute Gasteiger partial charge is 0.308 e. The van der Waals surface area contributed by atoms with Crippen LogP contribution in [0, 0.1) is 11.3 Å². The Kier molecular flexibility index (Phi) is 7.25. The number of nitrogens with zero attached hydrogens (tertiary/aromatic N) is 1. The maximum absolute atomic E-state index is 10.5. The van der Waals surface area contributed by atoms with E-state index in [9.17, 15) is 9.90 Å². The fraction of sp³-hybridized carbons (Fsp3) is 0.182. The van der Waals surface area contributed by atoms with E-state index in [0.29, 0.717) is 6.42 Å². The molecule has 0 unspecified atom stereocenters. The molecule has 154 valence electrons. The predicted molar refractivity (Wildman–Crippen MR) is 118 cm³/mol. The Hall–Kier alpha value is -3.12. The van der Waals surface area contributed by atoms with Crippen molar-refractivity contribution < 1.29 is 24.5 Å². The van der Waals surface area contributed by atoms with Crippen LogP contribution in [0.15, 0.2) is 48.5 Å². The molecule has 2 heterocycles. The van der Waals surface area contributed by atoms with E-state index in [1.165, 1.54) is 16.0 Å². The highest BCUT2D eigenvalue weighted by molar-refractivity contribution is 7.19. The van der Waals surface area contributed by atoms with Crippen molar-refractivity contribution in [2.75, 3.05) is 13.9 Å². The minimum Gasteiger partial charge on any atom is -0.508 e. The lowest BCUT2D eigenvalue weighted by Gasteiger charge is -2.03. The van der Waals surface area contributed by atoms with Crippen LogP contribution >= 0.6 is 22.7 Å². The molecule has 30 heavy (non-hydrogen) atoms. The monoisotopic (exact) mass is 441 g/mol. The molecular formula is C22H19NO5S2. The highest BCUT2D eigenvalue weighted by Gasteiger charge is 2.06. The van der Waals surface area contributed by atoms with Crippen LogP contribution in [0.25, 0.3) is 20.2 Å². The van der Waals surface area contributed by atoms with Gasteiger partial charge in [-0.2, -0.15) is 5.26 Å². The van der Waals surface area contributed by atoms with Crippen LogP contribution in [-0.2, 0) is 22.4 Å². The molecule has 0 radical (unpaired) electrons. The Bertz CT molecular complexity index is 1210. The Morgan fingerprint density at radius 3 is 2.40 bits per heavy atom. The summed E-state index contributed by atoms with van der Waals surface area (Å²) in [6.07, 6.45) is 0.508. The largest absolute Gasteiger partial charge is 0.508 e. The second-order valence-corrected chi connectivity index (χ2v) is 8.64. The number of carboxylic acid groups (broad SMARTS) is 1. The number of carboxylic acids is 1. The number of aliphatic carboxylic acids is 1. The molecule has 0 bridgehead atoms. The number of carbonyl (C=O) groups is 1. The second kappa shape index (κ2) is 10.1. The molecule has 0 atom stereocenters. The predicted octanol–water partition coefficient (Wildman–Crippen LogP) is 5.18. The number of ether oxygens (including phenoxy) is 2. The van der Waals surface area contributed by atoms with Gasteiger partial charge in [-0.1, -0.05) is 0 Å². The molecule has 6 nitrogen and oxygen atoms in total. The summed E-state index contributed by atoms with van der Waals surface area (Å²) >= 11 is 3.09. The normalized spacial score (nSPS) is 10.4. The number of fused-ring (bicyclic) bond motifs is 2. The third-order valence-corrected chi connectivity index (χ3v) is 6.24. The summed E-state index contributed by atoms with van der Waals surface area (Å²) in [4.78, 5) is 12.4. The van der Waals surface area contributed by atoms with Crippen molar-refractivity contribution in [2.45, 2.75) is 12.8 Å². The van der Waals surface area contributed by atoms with Crippen LogP contribution in [0.4, 0.5) is 0 Å². The number of thiophene rings is 2. The number of benzene rings is 2. The van der Waals surface area contributed by atoms with Crippen molar-refractivity contribution in [3.05, 3.63) is 58.3 Å². The maximum atomic E-state index is 10.5. The van der Waals surface area contributed by atoms with Crippen molar-refractivity contribution in [1.29, 1.82) is 5.26 Å². The SMILES string of the molecule is COCOc1ccc2sc(CC#N)cc2c1.O=C(O)Cc1cc2cc(O)ccc2s1. The van der Waals surface area contributed by atoms with Gasteiger partial charge in [0.25, 0.3) is 0 Å². The molecule has 0 spiro atoms. The Morgan fingerprint density at radius 1 is 1.03 bits per heavy atom. The number of nitriles is 1. The van der Waals surface area contributed by atoms with Gasteiger partial charge in [-0.15, -0.1) is 22.7 Å². The lowest BCUT2D eigenvalue weighted by molar-refractivity contribution is -0.136. The lowest BCUT2D eigenvalue weighted by atomic mass is 10.2. The first-order valence-electron chi connectivity index (χ1n) is 8.93. The van der Waals surface area contributed by atoms with Crippen LogP contribution in [-0.4, -0.2) is 30.1 Å². The minimum absolute atomic E-state index is 0.0418. The van der Waals surface area contributed by atoms with Gasteiger partial charge in [-0.25, -0.2) is 0 Å². The molecule has 2 N–H and O–H groups in total. The zero-order valence-corrected chi connectivity index (χ0v) is 17.8. The molecule has 0 aliphatic heterocycles. The van der Waals surface area contributed by atoms with E-state index in [4.69, 9.17) is 19.8 Å². The van der Waals surface area contributed by atoms with Gasteiger partial charge in [0.15, 0.2) is 6.79 Å². The van der Waals surface area contributed by atoms with E-state index in [-0.39, 0.29) is 19.0 Å². The van der Waals surface area contributed by atoms with Gasteiger partial charge >= 0.3 is 5.97 Å². The summed E-state index contributed by atoms with van der Waals surface area (Å²) in [7, 11) is 1.59. The molecule has 0 aliphatic rings. The molecule has 4 aromatic rings. The summed E-state index contributed by atoms with van der Waals surface area (Å²) in [5.41, 5.74) is 0. The van der Waals surface area contributed by atoms with Gasteiger partial charge in [0.2, 0.25) is 0 Å². The van der Waals surface area contributed by atoms with Gasteiger partial charge in [0.05, 0.1) is 18.9 Å². The zero-order valence-electron chi connectivity index (χ0n) is 16.1. The summed E-state index contributed by atoms with van der Waals surface area (Å²) in [5, 5.41) is 28.5. The third kappa shape index (κ3) is 5.70. The molecule has 0 saturated heterocycles. The van der Waals surface area contributed by atoms with E-state index >= 15 is 0 Å². The molecule has 8 heteroatoms. The van der Waals surface area contributed by atoms with Gasteiger partial charge in [0.1, 0.15) is 11.5 Å². The van der Waals surface area contributed by atoms with Crippen molar-refractivity contribution >= 4 is 48.8 Å². The molecule has 4 rings (SSSR count). The van der Waals surface area contributed by atoms with Crippen LogP contribution in [0.5, 0.6) is 11.5 Å².